The zero-order valence-corrected chi connectivity index (χ0v) is 16.4. The third-order valence-electron chi connectivity index (χ3n) is 5.20. The molecule has 0 spiro atoms. The number of aromatic hydroxyl groups is 1. The van der Waals surface area contributed by atoms with Crippen LogP contribution in [0.5, 0.6) is 5.75 Å². The standard InChI is InChI=1S/C25H18N4O2/c30-24-13-12-17-7-2-4-10-19(17)21(24)15-26-29-25(31)23-14-22(27-28-23)20-11-5-8-16-6-1-3-9-18(16)20/h1-15,30H,(H,27,28)(H,29,31)/b26-15+. The number of amides is 1. The molecule has 0 bridgehead atoms. The van der Waals surface area contributed by atoms with Gasteiger partial charge in [-0.05, 0) is 33.7 Å². The van der Waals surface area contributed by atoms with E-state index in [1.807, 2.05) is 72.8 Å². The summed E-state index contributed by atoms with van der Waals surface area (Å²) in [6.07, 6.45) is 1.44. The Morgan fingerprint density at radius 1 is 0.903 bits per heavy atom. The lowest BCUT2D eigenvalue weighted by Crippen LogP contribution is -2.18. The van der Waals surface area contributed by atoms with Gasteiger partial charge in [0.25, 0.3) is 5.91 Å². The molecule has 1 amide bonds. The third kappa shape index (κ3) is 3.51. The van der Waals surface area contributed by atoms with E-state index in [4.69, 9.17) is 0 Å². The fourth-order valence-corrected chi connectivity index (χ4v) is 3.66. The normalized spacial score (nSPS) is 11.4. The summed E-state index contributed by atoms with van der Waals surface area (Å²) in [4.78, 5) is 12.5. The van der Waals surface area contributed by atoms with Crippen molar-refractivity contribution in [2.75, 3.05) is 0 Å². The topological polar surface area (TPSA) is 90.4 Å². The van der Waals surface area contributed by atoms with Crippen molar-refractivity contribution in [2.24, 2.45) is 5.10 Å². The van der Waals surface area contributed by atoms with Gasteiger partial charge in [0.2, 0.25) is 0 Å². The molecule has 4 aromatic carbocycles. The largest absolute Gasteiger partial charge is 0.507 e. The zero-order chi connectivity index (χ0) is 21.2. The number of nitrogens with zero attached hydrogens (tertiary/aromatic N) is 2. The number of fused-ring (bicyclic) bond motifs is 2. The molecule has 0 aliphatic carbocycles. The maximum Gasteiger partial charge on any atom is 0.289 e. The average Bonchev–Trinajstić information content (AvgIpc) is 3.30. The van der Waals surface area contributed by atoms with Crippen LogP contribution in [-0.4, -0.2) is 27.4 Å². The van der Waals surface area contributed by atoms with Crippen molar-refractivity contribution in [1.29, 1.82) is 0 Å². The van der Waals surface area contributed by atoms with E-state index in [9.17, 15) is 9.90 Å². The predicted octanol–water partition coefficient (Wildman–Crippen LogP) is 4.85. The molecule has 3 N–H and O–H groups in total. The zero-order valence-electron chi connectivity index (χ0n) is 16.4. The first-order valence-corrected chi connectivity index (χ1v) is 9.78. The maximum absolute atomic E-state index is 12.5. The molecular formula is C25H18N4O2. The highest BCUT2D eigenvalue weighted by molar-refractivity contribution is 6.03. The fourth-order valence-electron chi connectivity index (χ4n) is 3.66. The van der Waals surface area contributed by atoms with E-state index < -0.39 is 5.91 Å². The number of hydrazone groups is 1. The van der Waals surface area contributed by atoms with Crippen LogP contribution in [0, 0.1) is 0 Å². The van der Waals surface area contributed by atoms with Crippen molar-refractivity contribution in [1.82, 2.24) is 15.6 Å². The van der Waals surface area contributed by atoms with Crippen LogP contribution in [0.1, 0.15) is 16.1 Å². The number of hydrogen-bond acceptors (Lipinski definition) is 4. The lowest BCUT2D eigenvalue weighted by atomic mass is 10.0. The van der Waals surface area contributed by atoms with Gasteiger partial charge in [0.05, 0.1) is 11.9 Å². The number of hydrogen-bond donors (Lipinski definition) is 3. The first-order chi connectivity index (χ1) is 15.2. The number of carbonyl (C=O) groups is 1. The fraction of sp³-hybridized carbons (Fsp3) is 0. The van der Waals surface area contributed by atoms with E-state index in [1.54, 1.807) is 12.1 Å². The number of aromatic amines is 1. The molecule has 1 aromatic heterocycles. The maximum atomic E-state index is 12.5. The molecule has 6 nitrogen and oxygen atoms in total. The van der Waals surface area contributed by atoms with Crippen LogP contribution in [0.2, 0.25) is 0 Å². The molecule has 0 saturated carbocycles. The lowest BCUT2D eigenvalue weighted by Gasteiger charge is -2.04. The summed E-state index contributed by atoms with van der Waals surface area (Å²) in [5.74, 6) is -0.327. The minimum Gasteiger partial charge on any atom is -0.507 e. The first-order valence-electron chi connectivity index (χ1n) is 9.78. The summed E-state index contributed by atoms with van der Waals surface area (Å²) in [5.41, 5.74) is 4.94. The van der Waals surface area contributed by atoms with Gasteiger partial charge < -0.3 is 5.11 Å². The molecule has 0 unspecified atom stereocenters. The number of nitrogens with one attached hydrogen (secondary N) is 2. The summed E-state index contributed by atoms with van der Waals surface area (Å²) in [6.45, 7) is 0. The van der Waals surface area contributed by atoms with Crippen molar-refractivity contribution < 1.29 is 9.90 Å². The van der Waals surface area contributed by atoms with Gasteiger partial charge in [0, 0.05) is 11.1 Å². The summed E-state index contributed by atoms with van der Waals surface area (Å²) in [6, 6.07) is 26.8. The van der Waals surface area contributed by atoms with E-state index in [-0.39, 0.29) is 5.75 Å². The Labute approximate surface area is 177 Å². The minimum atomic E-state index is -0.421. The summed E-state index contributed by atoms with van der Waals surface area (Å²) < 4.78 is 0. The highest BCUT2D eigenvalue weighted by Crippen LogP contribution is 2.28. The molecule has 6 heteroatoms. The molecule has 1 heterocycles. The van der Waals surface area contributed by atoms with Gasteiger partial charge in [-0.15, -0.1) is 0 Å². The summed E-state index contributed by atoms with van der Waals surface area (Å²) in [7, 11) is 0. The first kappa shape index (κ1) is 18.6. The van der Waals surface area contributed by atoms with Crippen LogP contribution >= 0.6 is 0 Å². The molecule has 31 heavy (non-hydrogen) atoms. The van der Waals surface area contributed by atoms with Crippen LogP contribution in [0.4, 0.5) is 0 Å². The van der Waals surface area contributed by atoms with Crippen molar-refractivity contribution in [3.63, 3.8) is 0 Å². The molecule has 0 aliphatic rings. The van der Waals surface area contributed by atoms with Gasteiger partial charge in [-0.3, -0.25) is 9.89 Å². The number of phenols is 1. The molecule has 5 aromatic rings. The summed E-state index contributed by atoms with van der Waals surface area (Å²) >= 11 is 0. The molecule has 5 rings (SSSR count). The Kier molecular flexibility index (Phi) is 4.65. The Hall–Kier alpha value is -4.45. The van der Waals surface area contributed by atoms with Crippen LogP contribution in [0.15, 0.2) is 90.0 Å². The quantitative estimate of drug-likeness (QED) is 0.294. The van der Waals surface area contributed by atoms with Crippen LogP contribution in [-0.2, 0) is 0 Å². The Morgan fingerprint density at radius 2 is 1.61 bits per heavy atom. The monoisotopic (exact) mass is 406 g/mol. The number of aromatic nitrogens is 2. The second-order valence-electron chi connectivity index (χ2n) is 7.11. The van der Waals surface area contributed by atoms with E-state index >= 15 is 0 Å². The van der Waals surface area contributed by atoms with Crippen LogP contribution < -0.4 is 5.43 Å². The van der Waals surface area contributed by atoms with Crippen molar-refractivity contribution in [3.8, 4) is 17.0 Å². The average molecular weight is 406 g/mol. The van der Waals surface area contributed by atoms with Crippen LogP contribution in [0.25, 0.3) is 32.8 Å². The van der Waals surface area contributed by atoms with Gasteiger partial charge in [-0.1, -0.05) is 72.8 Å². The molecule has 0 atom stereocenters. The van der Waals surface area contributed by atoms with E-state index in [0.717, 1.165) is 27.1 Å². The number of benzene rings is 4. The number of H-pyrrole nitrogens is 1. The number of rotatable bonds is 4. The van der Waals surface area contributed by atoms with Crippen molar-refractivity contribution >= 4 is 33.7 Å². The summed E-state index contributed by atoms with van der Waals surface area (Å²) in [5, 5.41) is 25.3. The van der Waals surface area contributed by atoms with E-state index in [2.05, 4.69) is 20.7 Å². The predicted molar refractivity (Wildman–Crippen MR) is 122 cm³/mol. The van der Waals surface area contributed by atoms with E-state index in [0.29, 0.717) is 17.0 Å². The Balaban J connectivity index is 1.38. The van der Waals surface area contributed by atoms with Crippen molar-refractivity contribution in [3.05, 3.63) is 96.2 Å². The molecule has 0 radical (unpaired) electrons. The Morgan fingerprint density at radius 3 is 2.45 bits per heavy atom. The minimum absolute atomic E-state index is 0.0940. The lowest BCUT2D eigenvalue weighted by molar-refractivity contribution is 0.0950. The Bertz CT molecular complexity index is 1450. The number of phenolic OH excluding ortho intramolecular Hbond substituents is 1. The van der Waals surface area contributed by atoms with Crippen molar-refractivity contribution in [2.45, 2.75) is 0 Å². The van der Waals surface area contributed by atoms with Gasteiger partial charge in [-0.25, -0.2) is 5.43 Å². The molecular weight excluding hydrogens is 388 g/mol. The van der Waals surface area contributed by atoms with Gasteiger partial charge in [0.15, 0.2) is 0 Å². The molecule has 0 fully saturated rings. The van der Waals surface area contributed by atoms with E-state index in [1.165, 1.54) is 6.21 Å². The smallest absolute Gasteiger partial charge is 0.289 e. The third-order valence-corrected chi connectivity index (χ3v) is 5.20. The highest BCUT2D eigenvalue weighted by atomic mass is 16.3. The SMILES string of the molecule is O=C(N/N=C/c1c(O)ccc2ccccc12)c1cc(-c2cccc3ccccc23)n[nH]1. The van der Waals surface area contributed by atoms with Gasteiger partial charge in [0.1, 0.15) is 11.4 Å². The van der Waals surface area contributed by atoms with Gasteiger partial charge in [-0.2, -0.15) is 10.2 Å². The number of carbonyl (C=O) groups excluding carboxylic acids is 1. The van der Waals surface area contributed by atoms with Crippen LogP contribution in [0.3, 0.4) is 0 Å². The van der Waals surface area contributed by atoms with Gasteiger partial charge >= 0.3 is 0 Å². The molecule has 0 aliphatic heterocycles. The molecule has 150 valence electrons. The molecule has 0 saturated heterocycles. The second-order valence-corrected chi connectivity index (χ2v) is 7.11. The highest BCUT2D eigenvalue weighted by Gasteiger charge is 2.12. The second kappa shape index (κ2) is 7.76.